The molecular weight excluding hydrogens is 228 g/mol. The minimum Gasteiger partial charge on any atom is -0.466 e. The van der Waals surface area contributed by atoms with E-state index in [2.05, 4.69) is 17.3 Å². The van der Waals surface area contributed by atoms with Crippen LogP contribution in [0.25, 0.3) is 0 Å². The SMILES string of the molecule is CCOC(=O)C(C)CN(C)C1CC2CCC(C1)N2. The summed E-state index contributed by atoms with van der Waals surface area (Å²) in [6, 6.07) is 2.03. The maximum absolute atomic E-state index is 11.6. The molecule has 2 aliphatic heterocycles. The number of hydrogen-bond donors (Lipinski definition) is 1. The molecule has 0 aromatic rings. The average Bonchev–Trinajstić information content (AvgIpc) is 2.68. The van der Waals surface area contributed by atoms with Crippen LogP contribution in [0.4, 0.5) is 0 Å². The molecule has 3 atom stereocenters. The van der Waals surface area contributed by atoms with E-state index in [0.29, 0.717) is 24.7 Å². The minimum atomic E-state index is -0.0683. The second-order valence-electron chi connectivity index (χ2n) is 5.86. The van der Waals surface area contributed by atoms with Gasteiger partial charge in [0.25, 0.3) is 0 Å². The molecule has 2 heterocycles. The van der Waals surface area contributed by atoms with Crippen LogP contribution < -0.4 is 5.32 Å². The van der Waals surface area contributed by atoms with E-state index in [1.54, 1.807) is 0 Å². The third-order valence-electron chi connectivity index (χ3n) is 4.32. The van der Waals surface area contributed by atoms with E-state index in [-0.39, 0.29) is 11.9 Å². The number of carbonyl (C=O) groups excluding carboxylic acids is 1. The number of piperidine rings is 1. The normalized spacial score (nSPS) is 32.6. The predicted octanol–water partition coefficient (Wildman–Crippen LogP) is 1.40. The molecule has 3 unspecified atom stereocenters. The topological polar surface area (TPSA) is 41.6 Å². The van der Waals surface area contributed by atoms with Gasteiger partial charge in [-0.1, -0.05) is 6.92 Å². The van der Waals surface area contributed by atoms with Crippen molar-refractivity contribution in [1.82, 2.24) is 10.2 Å². The van der Waals surface area contributed by atoms with Crippen LogP contribution in [0, 0.1) is 5.92 Å². The van der Waals surface area contributed by atoms with Crippen molar-refractivity contribution in [3.8, 4) is 0 Å². The van der Waals surface area contributed by atoms with Gasteiger partial charge in [0.05, 0.1) is 12.5 Å². The van der Waals surface area contributed by atoms with Gasteiger partial charge in [-0.05, 0) is 39.7 Å². The fourth-order valence-corrected chi connectivity index (χ4v) is 3.33. The summed E-state index contributed by atoms with van der Waals surface area (Å²) in [7, 11) is 2.14. The smallest absolute Gasteiger partial charge is 0.309 e. The second kappa shape index (κ2) is 6.02. The first-order chi connectivity index (χ1) is 8.60. The van der Waals surface area contributed by atoms with Crippen molar-refractivity contribution in [2.45, 2.75) is 57.7 Å². The van der Waals surface area contributed by atoms with Gasteiger partial charge in [0, 0.05) is 24.7 Å². The number of carbonyl (C=O) groups is 1. The Morgan fingerprint density at radius 2 is 2.00 bits per heavy atom. The third-order valence-corrected chi connectivity index (χ3v) is 4.32. The number of esters is 1. The van der Waals surface area contributed by atoms with Crippen molar-refractivity contribution in [1.29, 1.82) is 0 Å². The molecule has 2 saturated heterocycles. The number of fused-ring (bicyclic) bond motifs is 2. The van der Waals surface area contributed by atoms with Crippen LogP contribution in [0.15, 0.2) is 0 Å². The highest BCUT2D eigenvalue weighted by Gasteiger charge is 2.35. The van der Waals surface area contributed by atoms with Crippen LogP contribution in [0.2, 0.25) is 0 Å². The van der Waals surface area contributed by atoms with Crippen LogP contribution in [-0.2, 0) is 9.53 Å². The molecule has 0 aromatic carbocycles. The Balaban J connectivity index is 1.80. The molecule has 0 saturated carbocycles. The molecule has 104 valence electrons. The Morgan fingerprint density at radius 1 is 1.39 bits per heavy atom. The molecular formula is C14H26N2O2. The fourth-order valence-electron chi connectivity index (χ4n) is 3.33. The highest BCUT2D eigenvalue weighted by Crippen LogP contribution is 2.29. The van der Waals surface area contributed by atoms with E-state index in [1.807, 2.05) is 13.8 Å². The fraction of sp³-hybridized carbons (Fsp3) is 0.929. The highest BCUT2D eigenvalue weighted by atomic mass is 16.5. The molecule has 18 heavy (non-hydrogen) atoms. The Morgan fingerprint density at radius 3 is 2.56 bits per heavy atom. The van der Waals surface area contributed by atoms with Crippen molar-refractivity contribution < 1.29 is 9.53 Å². The van der Waals surface area contributed by atoms with E-state index >= 15 is 0 Å². The lowest BCUT2D eigenvalue weighted by molar-refractivity contribution is -0.148. The molecule has 0 aromatic heterocycles. The van der Waals surface area contributed by atoms with E-state index in [4.69, 9.17) is 4.74 Å². The third kappa shape index (κ3) is 3.23. The van der Waals surface area contributed by atoms with Crippen LogP contribution in [-0.4, -0.2) is 49.2 Å². The van der Waals surface area contributed by atoms with Gasteiger partial charge in [0.15, 0.2) is 0 Å². The average molecular weight is 254 g/mol. The predicted molar refractivity (Wildman–Crippen MR) is 71.4 cm³/mol. The summed E-state index contributed by atoms with van der Waals surface area (Å²) >= 11 is 0. The number of nitrogens with one attached hydrogen (secondary N) is 1. The van der Waals surface area contributed by atoms with Gasteiger partial charge >= 0.3 is 5.97 Å². The van der Waals surface area contributed by atoms with Crippen molar-refractivity contribution in [3.63, 3.8) is 0 Å². The summed E-state index contributed by atoms with van der Waals surface area (Å²) in [4.78, 5) is 14.0. The number of rotatable bonds is 5. The molecule has 2 bridgehead atoms. The minimum absolute atomic E-state index is 0.0255. The molecule has 2 fully saturated rings. The first kappa shape index (κ1) is 13.8. The summed E-state index contributed by atoms with van der Waals surface area (Å²) in [5.74, 6) is -0.0938. The molecule has 4 nitrogen and oxygen atoms in total. The summed E-state index contributed by atoms with van der Waals surface area (Å²) in [6.07, 6.45) is 5.09. The van der Waals surface area contributed by atoms with Gasteiger partial charge in [-0.15, -0.1) is 0 Å². The first-order valence-corrected chi connectivity index (χ1v) is 7.23. The monoisotopic (exact) mass is 254 g/mol. The lowest BCUT2D eigenvalue weighted by Crippen LogP contribution is -2.48. The van der Waals surface area contributed by atoms with Gasteiger partial charge in [0.1, 0.15) is 0 Å². The van der Waals surface area contributed by atoms with Gasteiger partial charge < -0.3 is 15.0 Å². The van der Waals surface area contributed by atoms with Crippen molar-refractivity contribution in [2.24, 2.45) is 5.92 Å². The second-order valence-corrected chi connectivity index (χ2v) is 5.86. The lowest BCUT2D eigenvalue weighted by atomic mass is 9.97. The van der Waals surface area contributed by atoms with Crippen LogP contribution in [0.3, 0.4) is 0 Å². The zero-order chi connectivity index (χ0) is 13.1. The standard InChI is InChI=1S/C14H26N2O2/c1-4-18-14(17)10(2)9-16(3)13-7-11-5-6-12(8-13)15-11/h10-13,15H,4-9H2,1-3H3. The quantitative estimate of drug-likeness (QED) is 0.753. The summed E-state index contributed by atoms with van der Waals surface area (Å²) in [5.41, 5.74) is 0. The molecule has 0 spiro atoms. The molecule has 2 aliphatic rings. The van der Waals surface area contributed by atoms with E-state index in [9.17, 15) is 4.79 Å². The first-order valence-electron chi connectivity index (χ1n) is 7.23. The zero-order valence-corrected chi connectivity index (χ0v) is 11.8. The van der Waals surface area contributed by atoms with E-state index in [0.717, 1.165) is 6.54 Å². The number of nitrogens with zero attached hydrogens (tertiary/aromatic N) is 1. The molecule has 0 aliphatic carbocycles. The number of hydrogen-bond acceptors (Lipinski definition) is 4. The Hall–Kier alpha value is -0.610. The number of ether oxygens (including phenoxy) is 1. The highest BCUT2D eigenvalue weighted by molar-refractivity contribution is 5.72. The Kier molecular flexibility index (Phi) is 4.62. The van der Waals surface area contributed by atoms with Gasteiger partial charge in [-0.2, -0.15) is 0 Å². The van der Waals surface area contributed by atoms with Gasteiger partial charge in [-0.25, -0.2) is 0 Å². The van der Waals surface area contributed by atoms with Gasteiger partial charge in [0.2, 0.25) is 0 Å². The zero-order valence-electron chi connectivity index (χ0n) is 11.8. The lowest BCUT2D eigenvalue weighted by Gasteiger charge is -2.36. The van der Waals surface area contributed by atoms with E-state index in [1.165, 1.54) is 25.7 Å². The summed E-state index contributed by atoms with van der Waals surface area (Å²) in [6.45, 7) is 5.11. The summed E-state index contributed by atoms with van der Waals surface area (Å²) in [5, 5.41) is 3.65. The van der Waals surface area contributed by atoms with Crippen LogP contribution in [0.1, 0.15) is 39.5 Å². The molecule has 0 radical (unpaired) electrons. The van der Waals surface area contributed by atoms with Crippen molar-refractivity contribution in [3.05, 3.63) is 0 Å². The van der Waals surface area contributed by atoms with Crippen molar-refractivity contribution in [2.75, 3.05) is 20.2 Å². The Labute approximate surface area is 110 Å². The maximum atomic E-state index is 11.6. The Bertz CT molecular complexity index is 284. The molecule has 2 rings (SSSR count). The molecule has 4 heteroatoms. The van der Waals surface area contributed by atoms with Gasteiger partial charge in [-0.3, -0.25) is 4.79 Å². The van der Waals surface area contributed by atoms with E-state index < -0.39 is 0 Å². The van der Waals surface area contributed by atoms with Crippen molar-refractivity contribution >= 4 is 5.97 Å². The largest absolute Gasteiger partial charge is 0.466 e. The molecule has 0 amide bonds. The molecule has 1 N–H and O–H groups in total. The van der Waals surface area contributed by atoms with Crippen LogP contribution in [0.5, 0.6) is 0 Å². The summed E-state index contributed by atoms with van der Waals surface area (Å²) < 4.78 is 5.07. The maximum Gasteiger partial charge on any atom is 0.309 e. The van der Waals surface area contributed by atoms with Crippen LogP contribution >= 0.6 is 0 Å².